The first-order valence-electron chi connectivity index (χ1n) is 6.20. The van der Waals surface area contributed by atoms with Gasteiger partial charge in [0.1, 0.15) is 4.21 Å². The number of aromatic nitrogens is 2. The van der Waals surface area contributed by atoms with Gasteiger partial charge in [-0.2, -0.15) is 8.42 Å². The van der Waals surface area contributed by atoms with Gasteiger partial charge < -0.3 is 5.73 Å². The highest BCUT2D eigenvalue weighted by Crippen LogP contribution is 2.30. The third-order valence-corrected chi connectivity index (χ3v) is 6.83. The zero-order valence-electron chi connectivity index (χ0n) is 10.9. The molecule has 0 aliphatic heterocycles. The van der Waals surface area contributed by atoms with Gasteiger partial charge >= 0.3 is 0 Å². The monoisotopic (exact) mass is 385 g/mol. The van der Waals surface area contributed by atoms with Crippen LogP contribution in [0.25, 0.3) is 11.0 Å². The maximum absolute atomic E-state index is 12.8. The largest absolute Gasteiger partial charge is 0.330 e. The Morgan fingerprint density at radius 2 is 2.14 bits per heavy atom. The van der Waals surface area contributed by atoms with Crippen molar-refractivity contribution in [3.8, 4) is 0 Å². The summed E-state index contributed by atoms with van der Waals surface area (Å²) in [6, 6.07) is 6.96. The molecular weight excluding hydrogens is 374 g/mol. The van der Waals surface area contributed by atoms with Gasteiger partial charge in [0, 0.05) is 17.8 Å². The van der Waals surface area contributed by atoms with Crippen LogP contribution in [0.3, 0.4) is 0 Å². The van der Waals surface area contributed by atoms with E-state index in [0.29, 0.717) is 18.6 Å². The van der Waals surface area contributed by atoms with Crippen LogP contribution in [0, 0.1) is 0 Å². The molecular formula is C13H12BrN3O2S2. The van der Waals surface area contributed by atoms with E-state index < -0.39 is 10.0 Å². The van der Waals surface area contributed by atoms with Gasteiger partial charge in [0.25, 0.3) is 10.0 Å². The summed E-state index contributed by atoms with van der Waals surface area (Å²) in [6.45, 7) is 0.457. The van der Waals surface area contributed by atoms with E-state index in [1.165, 1.54) is 15.3 Å². The Labute approximate surface area is 134 Å². The molecule has 3 aromatic heterocycles. The Balaban J connectivity index is 2.25. The van der Waals surface area contributed by atoms with Gasteiger partial charge in [-0.1, -0.05) is 0 Å². The molecule has 5 nitrogen and oxygen atoms in total. The molecule has 0 saturated heterocycles. The Kier molecular flexibility index (Phi) is 3.87. The third kappa shape index (κ3) is 2.52. The first-order valence-corrected chi connectivity index (χ1v) is 9.25. The van der Waals surface area contributed by atoms with Crippen LogP contribution in [-0.2, 0) is 16.4 Å². The highest BCUT2D eigenvalue weighted by molar-refractivity contribution is 9.11. The van der Waals surface area contributed by atoms with E-state index in [9.17, 15) is 8.42 Å². The normalized spacial score (nSPS) is 12.1. The van der Waals surface area contributed by atoms with E-state index in [-0.39, 0.29) is 4.21 Å². The summed E-state index contributed by atoms with van der Waals surface area (Å²) in [6.07, 6.45) is 3.82. The van der Waals surface area contributed by atoms with Gasteiger partial charge in [0.15, 0.2) is 5.65 Å². The molecule has 0 unspecified atom stereocenters. The van der Waals surface area contributed by atoms with Crippen LogP contribution in [-0.4, -0.2) is 23.9 Å². The van der Waals surface area contributed by atoms with E-state index in [2.05, 4.69) is 20.9 Å². The molecule has 21 heavy (non-hydrogen) atoms. The predicted octanol–water partition coefficient (Wildman–Crippen LogP) is 2.60. The molecule has 0 fully saturated rings. The summed E-state index contributed by atoms with van der Waals surface area (Å²) in [4.78, 5) is 4.22. The van der Waals surface area contributed by atoms with Crippen molar-refractivity contribution < 1.29 is 8.42 Å². The lowest BCUT2D eigenvalue weighted by Gasteiger charge is -2.03. The fourth-order valence-corrected chi connectivity index (χ4v) is 5.61. The van der Waals surface area contributed by atoms with E-state index in [0.717, 1.165) is 14.7 Å². The number of nitrogens with two attached hydrogens (primary N) is 1. The maximum Gasteiger partial charge on any atom is 0.278 e. The fraction of sp³-hybridized carbons (Fsp3) is 0.154. The SMILES string of the molecule is NCCc1cn(S(=O)(=O)c2ccc(Br)s2)c2ncccc12. The van der Waals surface area contributed by atoms with Crippen molar-refractivity contribution in [3.63, 3.8) is 0 Å². The van der Waals surface area contributed by atoms with Crippen molar-refractivity contribution in [2.45, 2.75) is 10.6 Å². The van der Waals surface area contributed by atoms with Crippen LogP contribution >= 0.6 is 27.3 Å². The molecule has 0 aromatic carbocycles. The van der Waals surface area contributed by atoms with Gasteiger partial charge in [-0.15, -0.1) is 11.3 Å². The van der Waals surface area contributed by atoms with Crippen LogP contribution in [0.2, 0.25) is 0 Å². The number of nitrogens with zero attached hydrogens (tertiary/aromatic N) is 2. The minimum Gasteiger partial charge on any atom is -0.330 e. The smallest absolute Gasteiger partial charge is 0.278 e. The molecule has 3 rings (SSSR count). The van der Waals surface area contributed by atoms with Crippen LogP contribution in [0.15, 0.2) is 44.7 Å². The third-order valence-electron chi connectivity index (χ3n) is 3.09. The van der Waals surface area contributed by atoms with Gasteiger partial charge in [-0.05, 0) is 58.7 Å². The Bertz CT molecular complexity index is 899. The summed E-state index contributed by atoms with van der Waals surface area (Å²) in [5.41, 5.74) is 6.93. The number of hydrogen-bond acceptors (Lipinski definition) is 5. The Hall–Kier alpha value is -1.22. The van der Waals surface area contributed by atoms with Crippen molar-refractivity contribution in [2.75, 3.05) is 6.54 Å². The second kappa shape index (κ2) is 5.53. The van der Waals surface area contributed by atoms with Crippen molar-refractivity contribution in [1.82, 2.24) is 8.96 Å². The van der Waals surface area contributed by atoms with Gasteiger partial charge in [0.2, 0.25) is 0 Å². The topological polar surface area (TPSA) is 78.0 Å². The number of fused-ring (bicyclic) bond motifs is 1. The standard InChI is InChI=1S/C13H12BrN3O2S2/c14-11-3-4-12(20-11)21(18,19)17-8-9(5-6-15)10-2-1-7-16-13(10)17/h1-4,7-8H,5-6,15H2. The fourth-order valence-electron chi connectivity index (χ4n) is 2.17. The Morgan fingerprint density at radius 3 is 2.81 bits per heavy atom. The minimum atomic E-state index is -3.64. The lowest BCUT2D eigenvalue weighted by atomic mass is 10.2. The first-order chi connectivity index (χ1) is 10.0. The number of halogens is 1. The summed E-state index contributed by atoms with van der Waals surface area (Å²) in [7, 11) is -3.64. The molecule has 3 aromatic rings. The second-order valence-electron chi connectivity index (χ2n) is 4.43. The second-order valence-corrected chi connectivity index (χ2v) is 8.93. The zero-order valence-corrected chi connectivity index (χ0v) is 14.1. The van der Waals surface area contributed by atoms with Gasteiger partial charge in [-0.25, -0.2) is 8.96 Å². The number of pyridine rings is 1. The summed E-state index contributed by atoms with van der Waals surface area (Å²) in [5, 5.41) is 0.821. The Morgan fingerprint density at radius 1 is 1.33 bits per heavy atom. The van der Waals surface area contributed by atoms with Crippen LogP contribution < -0.4 is 5.73 Å². The zero-order chi connectivity index (χ0) is 15.0. The maximum atomic E-state index is 12.8. The van der Waals surface area contributed by atoms with Gasteiger partial charge in [0.05, 0.1) is 3.79 Å². The quantitative estimate of drug-likeness (QED) is 0.748. The van der Waals surface area contributed by atoms with Crippen molar-refractivity contribution in [1.29, 1.82) is 0 Å². The van der Waals surface area contributed by atoms with E-state index in [1.807, 2.05) is 6.07 Å². The number of thiophene rings is 1. The average Bonchev–Trinajstić information content (AvgIpc) is 3.05. The molecule has 0 aliphatic carbocycles. The highest BCUT2D eigenvalue weighted by Gasteiger charge is 2.23. The average molecular weight is 386 g/mol. The van der Waals surface area contributed by atoms with Crippen LogP contribution in [0.1, 0.15) is 5.56 Å². The molecule has 0 saturated carbocycles. The first kappa shape index (κ1) is 14.7. The lowest BCUT2D eigenvalue weighted by molar-refractivity contribution is 0.590. The molecule has 2 N–H and O–H groups in total. The van der Waals surface area contributed by atoms with E-state index in [4.69, 9.17) is 5.73 Å². The summed E-state index contributed by atoms with van der Waals surface area (Å²) >= 11 is 4.47. The lowest BCUT2D eigenvalue weighted by Crippen LogP contribution is -2.11. The van der Waals surface area contributed by atoms with Crippen molar-refractivity contribution in [3.05, 3.63) is 46.0 Å². The van der Waals surface area contributed by atoms with Crippen LogP contribution in [0.4, 0.5) is 0 Å². The highest BCUT2D eigenvalue weighted by atomic mass is 79.9. The molecule has 8 heteroatoms. The molecule has 0 aliphatic rings. The predicted molar refractivity (Wildman–Crippen MR) is 87.1 cm³/mol. The van der Waals surface area contributed by atoms with Gasteiger partial charge in [-0.3, -0.25) is 0 Å². The molecule has 0 amide bonds. The molecule has 0 bridgehead atoms. The van der Waals surface area contributed by atoms with E-state index in [1.54, 1.807) is 30.6 Å². The molecule has 110 valence electrons. The molecule has 0 spiro atoms. The van der Waals surface area contributed by atoms with Crippen molar-refractivity contribution in [2.24, 2.45) is 5.73 Å². The summed E-state index contributed by atoms with van der Waals surface area (Å²) in [5.74, 6) is 0. The number of rotatable bonds is 4. The van der Waals surface area contributed by atoms with E-state index >= 15 is 0 Å². The minimum absolute atomic E-state index is 0.274. The molecule has 0 atom stereocenters. The summed E-state index contributed by atoms with van der Waals surface area (Å²) < 4.78 is 27.8. The van der Waals surface area contributed by atoms with Crippen LogP contribution in [0.5, 0.6) is 0 Å². The number of hydrogen-bond donors (Lipinski definition) is 1. The molecule has 3 heterocycles. The van der Waals surface area contributed by atoms with Crippen molar-refractivity contribution >= 4 is 48.3 Å². The molecule has 0 radical (unpaired) electrons.